The second kappa shape index (κ2) is 7.78. The maximum atomic E-state index is 12.5. The van der Waals surface area contributed by atoms with Crippen LogP contribution in [0.25, 0.3) is 11.4 Å². The van der Waals surface area contributed by atoms with Crippen LogP contribution < -0.4 is 4.72 Å². The van der Waals surface area contributed by atoms with Crippen LogP contribution in [0.4, 0.5) is 0 Å². The molecule has 146 valence electrons. The van der Waals surface area contributed by atoms with Gasteiger partial charge >= 0.3 is 11.8 Å². The van der Waals surface area contributed by atoms with E-state index in [4.69, 9.17) is 4.52 Å². The maximum Gasteiger partial charge on any atom is 0.316 e. The van der Waals surface area contributed by atoms with Crippen molar-refractivity contribution < 1.29 is 17.7 Å². The number of likely N-dealkylation sites (tertiary alicyclic amines) is 1. The van der Waals surface area contributed by atoms with Crippen molar-refractivity contribution in [1.82, 2.24) is 24.7 Å². The lowest BCUT2D eigenvalue weighted by Gasteiger charge is -2.10. The third-order valence-electron chi connectivity index (χ3n) is 4.29. The van der Waals surface area contributed by atoms with Gasteiger partial charge in [0.25, 0.3) is 0 Å². The average molecular weight is 419 g/mol. The quantitative estimate of drug-likeness (QED) is 0.648. The van der Waals surface area contributed by atoms with E-state index in [1.165, 1.54) is 6.07 Å². The monoisotopic (exact) mass is 419 g/mol. The van der Waals surface area contributed by atoms with Crippen LogP contribution in [0.15, 0.2) is 44.7 Å². The van der Waals surface area contributed by atoms with Crippen molar-refractivity contribution in [2.24, 2.45) is 0 Å². The van der Waals surface area contributed by atoms with Gasteiger partial charge in [0.15, 0.2) is 0 Å². The van der Waals surface area contributed by atoms with E-state index in [1.807, 2.05) is 0 Å². The van der Waals surface area contributed by atoms with Gasteiger partial charge in [0.1, 0.15) is 4.21 Å². The SMILES string of the molecule is O=C(c1nc(-c2csc(S(=O)(=O)NCc3cccnc3)c2)no1)N1CCCC1. The Labute approximate surface area is 165 Å². The van der Waals surface area contributed by atoms with E-state index in [9.17, 15) is 13.2 Å². The third-order valence-corrected chi connectivity index (χ3v) is 7.13. The molecule has 3 aromatic rings. The molecule has 0 saturated carbocycles. The maximum absolute atomic E-state index is 12.5. The molecule has 1 amide bonds. The van der Waals surface area contributed by atoms with Crippen LogP contribution in [0.1, 0.15) is 29.1 Å². The number of carbonyl (C=O) groups excluding carboxylic acids is 1. The van der Waals surface area contributed by atoms with E-state index in [1.54, 1.807) is 34.8 Å². The molecule has 0 radical (unpaired) electrons. The van der Waals surface area contributed by atoms with Gasteiger partial charge in [0.05, 0.1) is 0 Å². The number of nitrogens with zero attached hydrogens (tertiary/aromatic N) is 4. The van der Waals surface area contributed by atoms with Crippen LogP contribution in [0.2, 0.25) is 0 Å². The summed E-state index contributed by atoms with van der Waals surface area (Å²) in [4.78, 5) is 22.1. The molecule has 4 rings (SSSR count). The fourth-order valence-electron chi connectivity index (χ4n) is 2.81. The summed E-state index contributed by atoms with van der Waals surface area (Å²) in [6.45, 7) is 1.50. The van der Waals surface area contributed by atoms with Gasteiger partial charge in [-0.2, -0.15) is 4.98 Å². The number of rotatable bonds is 6. The number of nitrogens with one attached hydrogen (secondary N) is 1. The van der Waals surface area contributed by atoms with Gasteiger partial charge in [0, 0.05) is 43.0 Å². The van der Waals surface area contributed by atoms with Gasteiger partial charge in [-0.05, 0) is 30.5 Å². The standard InChI is InChI=1S/C17H17N5O4S2/c23-17(22-6-1-2-7-22)16-20-15(21-26-16)13-8-14(27-11-13)28(24,25)19-10-12-4-3-5-18-9-12/h3-5,8-9,11,19H,1-2,6-7,10H2. The topological polar surface area (TPSA) is 118 Å². The lowest BCUT2D eigenvalue weighted by atomic mass is 10.3. The van der Waals surface area contributed by atoms with Gasteiger partial charge in [-0.15, -0.1) is 11.3 Å². The van der Waals surface area contributed by atoms with Gasteiger partial charge < -0.3 is 9.42 Å². The molecule has 0 atom stereocenters. The molecule has 11 heteroatoms. The van der Waals surface area contributed by atoms with Gasteiger partial charge in [-0.3, -0.25) is 9.78 Å². The Kier molecular flexibility index (Phi) is 5.20. The molecule has 1 aliphatic rings. The zero-order chi connectivity index (χ0) is 19.6. The van der Waals surface area contributed by atoms with Gasteiger partial charge in [0.2, 0.25) is 15.8 Å². The molecule has 0 aliphatic carbocycles. The molecule has 4 heterocycles. The highest BCUT2D eigenvalue weighted by molar-refractivity contribution is 7.91. The molecular formula is C17H17N5O4S2. The van der Waals surface area contributed by atoms with Crippen molar-refractivity contribution in [3.8, 4) is 11.4 Å². The van der Waals surface area contributed by atoms with Crippen LogP contribution in [-0.2, 0) is 16.6 Å². The third kappa shape index (κ3) is 3.96. The Morgan fingerprint density at radius 2 is 2.14 bits per heavy atom. The summed E-state index contributed by atoms with van der Waals surface area (Å²) in [7, 11) is -3.69. The Morgan fingerprint density at radius 3 is 2.89 bits per heavy atom. The highest BCUT2D eigenvalue weighted by Crippen LogP contribution is 2.27. The largest absolute Gasteiger partial charge is 0.334 e. The van der Waals surface area contributed by atoms with Crippen LogP contribution in [0.5, 0.6) is 0 Å². The van der Waals surface area contributed by atoms with Crippen molar-refractivity contribution in [1.29, 1.82) is 0 Å². The Morgan fingerprint density at radius 1 is 1.32 bits per heavy atom. The molecule has 9 nitrogen and oxygen atoms in total. The molecule has 0 aromatic carbocycles. The molecule has 0 unspecified atom stereocenters. The van der Waals surface area contributed by atoms with Crippen molar-refractivity contribution in [3.05, 3.63) is 47.4 Å². The second-order valence-corrected chi connectivity index (χ2v) is 9.17. The minimum atomic E-state index is -3.69. The highest BCUT2D eigenvalue weighted by atomic mass is 32.2. The first kappa shape index (κ1) is 18.7. The zero-order valence-electron chi connectivity index (χ0n) is 14.7. The van der Waals surface area contributed by atoms with Crippen molar-refractivity contribution in [2.75, 3.05) is 13.1 Å². The van der Waals surface area contributed by atoms with E-state index in [0.717, 1.165) is 29.7 Å². The van der Waals surface area contributed by atoms with Crippen molar-refractivity contribution >= 4 is 27.3 Å². The van der Waals surface area contributed by atoms with Crippen LogP contribution in [0, 0.1) is 0 Å². The zero-order valence-corrected chi connectivity index (χ0v) is 16.4. The minimum absolute atomic E-state index is 0.0813. The lowest BCUT2D eigenvalue weighted by molar-refractivity contribution is 0.0743. The fraction of sp³-hybridized carbons (Fsp3) is 0.294. The Bertz CT molecular complexity index is 1070. The smallest absolute Gasteiger partial charge is 0.316 e. The van der Waals surface area contributed by atoms with E-state index < -0.39 is 10.0 Å². The average Bonchev–Trinajstić information content (AvgIpc) is 3.47. The first-order valence-corrected chi connectivity index (χ1v) is 11.0. The number of thiophene rings is 1. The van der Waals surface area contributed by atoms with Gasteiger partial charge in [-0.25, -0.2) is 13.1 Å². The van der Waals surface area contributed by atoms with E-state index >= 15 is 0 Å². The summed E-state index contributed by atoms with van der Waals surface area (Å²) in [6.07, 6.45) is 5.15. The number of amides is 1. The molecule has 1 N–H and O–H groups in total. The van der Waals surface area contributed by atoms with Crippen molar-refractivity contribution in [2.45, 2.75) is 23.6 Å². The predicted octanol–water partition coefficient (Wildman–Crippen LogP) is 1.91. The highest BCUT2D eigenvalue weighted by Gasteiger charge is 2.26. The van der Waals surface area contributed by atoms with E-state index in [2.05, 4.69) is 19.8 Å². The molecule has 0 spiro atoms. The first-order chi connectivity index (χ1) is 13.5. The molecule has 1 aliphatic heterocycles. The number of hydrogen-bond acceptors (Lipinski definition) is 8. The molecule has 28 heavy (non-hydrogen) atoms. The summed E-state index contributed by atoms with van der Waals surface area (Å²) < 4.78 is 32.7. The number of carbonyl (C=O) groups is 1. The molecular weight excluding hydrogens is 402 g/mol. The van der Waals surface area contributed by atoms with Crippen LogP contribution >= 0.6 is 11.3 Å². The number of sulfonamides is 1. The number of aromatic nitrogens is 3. The molecule has 1 fully saturated rings. The van der Waals surface area contributed by atoms with Crippen molar-refractivity contribution in [3.63, 3.8) is 0 Å². The molecule has 1 saturated heterocycles. The normalized spacial score (nSPS) is 14.5. The summed E-state index contributed by atoms with van der Waals surface area (Å²) in [5, 5.41) is 5.44. The fourth-order valence-corrected chi connectivity index (χ4v) is 5.03. The summed E-state index contributed by atoms with van der Waals surface area (Å²) >= 11 is 1.05. The lowest BCUT2D eigenvalue weighted by Crippen LogP contribution is -2.27. The summed E-state index contributed by atoms with van der Waals surface area (Å²) in [6, 6.07) is 4.99. The van der Waals surface area contributed by atoms with E-state index in [0.29, 0.717) is 18.7 Å². The van der Waals surface area contributed by atoms with E-state index in [-0.39, 0.29) is 28.4 Å². The summed E-state index contributed by atoms with van der Waals surface area (Å²) in [5.41, 5.74) is 1.24. The Balaban J connectivity index is 1.47. The number of pyridine rings is 1. The number of hydrogen-bond donors (Lipinski definition) is 1. The molecule has 0 bridgehead atoms. The second-order valence-electron chi connectivity index (χ2n) is 6.26. The molecule has 3 aromatic heterocycles. The first-order valence-electron chi connectivity index (χ1n) is 8.63. The van der Waals surface area contributed by atoms with Gasteiger partial charge in [-0.1, -0.05) is 11.2 Å². The minimum Gasteiger partial charge on any atom is -0.334 e. The predicted molar refractivity (Wildman–Crippen MR) is 101 cm³/mol. The van der Waals surface area contributed by atoms with Crippen LogP contribution in [0.3, 0.4) is 0 Å². The summed E-state index contributed by atoms with van der Waals surface area (Å²) in [5.74, 6) is -0.188. The Hall–Kier alpha value is -2.63. The van der Waals surface area contributed by atoms with Crippen LogP contribution in [-0.4, -0.2) is 47.4 Å².